The van der Waals surface area contributed by atoms with Crippen LogP contribution in [0.2, 0.25) is 0 Å². The van der Waals surface area contributed by atoms with Crippen molar-refractivity contribution in [1.29, 1.82) is 0 Å². The Labute approximate surface area is 134 Å². The van der Waals surface area contributed by atoms with Crippen LogP contribution in [0.15, 0.2) is 24.3 Å². The van der Waals surface area contributed by atoms with Gasteiger partial charge in [-0.15, -0.1) is 0 Å². The van der Waals surface area contributed by atoms with Crippen LogP contribution in [-0.4, -0.2) is 60.4 Å². The van der Waals surface area contributed by atoms with Crippen molar-refractivity contribution >= 4 is 17.7 Å². The highest BCUT2D eigenvalue weighted by Crippen LogP contribution is 2.24. The average molecular weight is 349 g/mol. The number of carboxylic acid groups (broad SMARTS) is 1. The van der Waals surface area contributed by atoms with Crippen LogP contribution in [0.3, 0.4) is 0 Å². The van der Waals surface area contributed by atoms with E-state index >= 15 is 0 Å². The van der Waals surface area contributed by atoms with Gasteiger partial charge in [-0.1, -0.05) is 0 Å². The van der Waals surface area contributed by atoms with Gasteiger partial charge in [-0.2, -0.15) is 13.2 Å². The molecule has 0 saturated carbocycles. The summed E-state index contributed by atoms with van der Waals surface area (Å²) in [5, 5.41) is 10.4. The van der Waals surface area contributed by atoms with E-state index in [9.17, 15) is 22.4 Å². The van der Waals surface area contributed by atoms with Crippen molar-refractivity contribution in [3.63, 3.8) is 0 Å². The van der Waals surface area contributed by atoms with Crippen molar-refractivity contribution in [2.45, 2.75) is 12.2 Å². The number of nitrogens with one attached hydrogen (secondary N) is 1. The molecule has 2 aliphatic rings. The molecule has 0 aromatic heterocycles. The molecule has 6 nitrogen and oxygen atoms in total. The van der Waals surface area contributed by atoms with Crippen molar-refractivity contribution in [3.05, 3.63) is 30.1 Å². The molecule has 24 heavy (non-hydrogen) atoms. The van der Waals surface area contributed by atoms with E-state index in [0.717, 1.165) is 25.3 Å². The van der Waals surface area contributed by atoms with E-state index in [2.05, 4.69) is 5.32 Å². The van der Waals surface area contributed by atoms with Crippen LogP contribution >= 0.6 is 0 Å². The molecule has 0 unspecified atom stereocenters. The van der Waals surface area contributed by atoms with Gasteiger partial charge in [0.25, 0.3) is 0 Å². The van der Waals surface area contributed by atoms with Crippen LogP contribution in [0, 0.1) is 5.82 Å². The third-order valence-electron chi connectivity index (χ3n) is 3.60. The highest BCUT2D eigenvalue weighted by Gasteiger charge is 2.39. The number of carbonyl (C=O) groups excluding carboxylic acids is 1. The monoisotopic (exact) mass is 349 g/mol. The Balaban J connectivity index is 0.000000256. The molecule has 2 heterocycles. The number of carbonyl (C=O) groups is 2. The maximum absolute atomic E-state index is 12.8. The Morgan fingerprint density at radius 2 is 1.83 bits per heavy atom. The number of anilines is 1. The van der Waals surface area contributed by atoms with Gasteiger partial charge in [0.2, 0.25) is 0 Å². The number of carboxylic acids is 1. The summed E-state index contributed by atoms with van der Waals surface area (Å²) >= 11 is 0. The van der Waals surface area contributed by atoms with Crippen molar-refractivity contribution < 1.29 is 32.3 Å². The number of amides is 2. The van der Waals surface area contributed by atoms with Crippen LogP contribution in [0.5, 0.6) is 0 Å². The summed E-state index contributed by atoms with van der Waals surface area (Å²) in [5.41, 5.74) is 0.769. The fourth-order valence-corrected chi connectivity index (χ4v) is 2.46. The molecule has 1 atom stereocenters. The van der Waals surface area contributed by atoms with E-state index in [1.165, 1.54) is 12.1 Å². The predicted molar refractivity (Wildman–Crippen MR) is 76.2 cm³/mol. The van der Waals surface area contributed by atoms with Gasteiger partial charge in [0.1, 0.15) is 5.82 Å². The van der Waals surface area contributed by atoms with Crippen LogP contribution in [-0.2, 0) is 4.79 Å². The first-order valence-electron chi connectivity index (χ1n) is 7.04. The van der Waals surface area contributed by atoms with Gasteiger partial charge < -0.3 is 15.3 Å². The fraction of sp³-hybridized carbons (Fsp3) is 0.429. The number of hydrogen-bond donors (Lipinski definition) is 2. The Bertz CT molecular complexity index is 606. The van der Waals surface area contributed by atoms with Crippen molar-refractivity contribution in [1.82, 2.24) is 10.2 Å². The minimum Gasteiger partial charge on any atom is -0.475 e. The molecule has 2 amide bonds. The highest BCUT2D eigenvalue weighted by atomic mass is 19.4. The van der Waals surface area contributed by atoms with Crippen molar-refractivity contribution in [2.75, 3.05) is 31.1 Å². The molecule has 0 aliphatic carbocycles. The summed E-state index contributed by atoms with van der Waals surface area (Å²) < 4.78 is 44.6. The lowest BCUT2D eigenvalue weighted by Crippen LogP contribution is -2.49. The fourth-order valence-electron chi connectivity index (χ4n) is 2.46. The smallest absolute Gasteiger partial charge is 0.475 e. The summed E-state index contributed by atoms with van der Waals surface area (Å²) in [6, 6.07) is 6.35. The number of hydrogen-bond acceptors (Lipinski definition) is 3. The van der Waals surface area contributed by atoms with Crippen LogP contribution < -0.4 is 10.2 Å². The number of halogens is 4. The van der Waals surface area contributed by atoms with Gasteiger partial charge in [0.05, 0.1) is 6.04 Å². The quantitative estimate of drug-likeness (QED) is 0.757. The minimum atomic E-state index is -5.08. The van der Waals surface area contributed by atoms with Crippen LogP contribution in [0.1, 0.15) is 0 Å². The molecule has 132 valence electrons. The SMILES string of the molecule is O=C(O)C(F)(F)F.O=C1N(c2ccc(F)cc2)C[C@@H]2CNCCN12. The molecule has 2 N–H and O–H groups in total. The second-order valence-electron chi connectivity index (χ2n) is 5.22. The number of piperazine rings is 1. The maximum Gasteiger partial charge on any atom is 0.490 e. The Morgan fingerprint density at radius 3 is 2.33 bits per heavy atom. The number of fused-ring (bicyclic) bond motifs is 1. The van der Waals surface area contributed by atoms with E-state index in [1.54, 1.807) is 17.0 Å². The lowest BCUT2D eigenvalue weighted by atomic mass is 10.2. The van der Waals surface area contributed by atoms with E-state index in [-0.39, 0.29) is 17.9 Å². The topological polar surface area (TPSA) is 72.9 Å². The second kappa shape index (κ2) is 7.04. The molecule has 10 heteroatoms. The number of aliphatic carboxylic acids is 1. The van der Waals surface area contributed by atoms with Gasteiger partial charge >= 0.3 is 18.2 Å². The third-order valence-corrected chi connectivity index (χ3v) is 3.60. The number of benzene rings is 1. The Morgan fingerprint density at radius 1 is 1.25 bits per heavy atom. The molecule has 2 fully saturated rings. The largest absolute Gasteiger partial charge is 0.490 e. The lowest BCUT2D eigenvalue weighted by Gasteiger charge is -2.28. The first kappa shape index (κ1) is 18.0. The second-order valence-corrected chi connectivity index (χ2v) is 5.22. The Hall–Kier alpha value is -2.36. The van der Waals surface area contributed by atoms with Crippen LogP contribution in [0.25, 0.3) is 0 Å². The summed E-state index contributed by atoms with van der Waals surface area (Å²) in [7, 11) is 0. The summed E-state index contributed by atoms with van der Waals surface area (Å²) in [5.74, 6) is -3.03. The number of alkyl halides is 3. The molecule has 0 spiro atoms. The van der Waals surface area contributed by atoms with Gasteiger partial charge in [-0.3, -0.25) is 4.90 Å². The van der Waals surface area contributed by atoms with Gasteiger partial charge in [-0.05, 0) is 24.3 Å². The maximum atomic E-state index is 12.8. The van der Waals surface area contributed by atoms with E-state index in [0.29, 0.717) is 6.54 Å². The normalized spacial score (nSPS) is 20.3. The van der Waals surface area contributed by atoms with E-state index in [4.69, 9.17) is 9.90 Å². The zero-order valence-electron chi connectivity index (χ0n) is 12.4. The van der Waals surface area contributed by atoms with Crippen LogP contribution in [0.4, 0.5) is 28.0 Å². The average Bonchev–Trinajstić information content (AvgIpc) is 2.85. The molecule has 1 aromatic rings. The number of nitrogens with zero attached hydrogens (tertiary/aromatic N) is 2. The summed E-state index contributed by atoms with van der Waals surface area (Å²) in [4.78, 5) is 24.7. The third kappa shape index (κ3) is 4.13. The molecule has 1 aromatic carbocycles. The van der Waals surface area contributed by atoms with Gasteiger partial charge in [-0.25, -0.2) is 14.0 Å². The first-order chi connectivity index (χ1) is 11.2. The van der Waals surface area contributed by atoms with Gasteiger partial charge in [0.15, 0.2) is 0 Å². The molecule has 2 saturated heterocycles. The zero-order valence-corrected chi connectivity index (χ0v) is 12.4. The molecule has 0 radical (unpaired) electrons. The molecule has 0 bridgehead atoms. The first-order valence-corrected chi connectivity index (χ1v) is 7.04. The standard InChI is InChI=1S/C12H14FN3O.C2HF3O2/c13-9-1-3-10(4-2-9)16-8-11-7-14-5-6-15(11)12(16)17;3-2(4,5)1(6)7/h1-4,11,14H,5-8H2;(H,6,7)/t11-;/m0./s1. The van der Waals surface area contributed by atoms with E-state index in [1.807, 2.05) is 4.90 Å². The molecular weight excluding hydrogens is 334 g/mol. The van der Waals surface area contributed by atoms with Crippen molar-refractivity contribution in [2.24, 2.45) is 0 Å². The van der Waals surface area contributed by atoms with Gasteiger partial charge in [0, 0.05) is 31.9 Å². The van der Waals surface area contributed by atoms with E-state index < -0.39 is 12.1 Å². The zero-order chi connectivity index (χ0) is 17.9. The Kier molecular flexibility index (Phi) is 5.27. The number of urea groups is 1. The predicted octanol–water partition coefficient (Wildman–Crippen LogP) is 1.67. The lowest BCUT2D eigenvalue weighted by molar-refractivity contribution is -0.192. The molecule has 3 rings (SSSR count). The number of rotatable bonds is 1. The molecule has 2 aliphatic heterocycles. The highest BCUT2D eigenvalue weighted by molar-refractivity contribution is 5.94. The molecular formula is C14H15F4N3O3. The summed E-state index contributed by atoms with van der Waals surface area (Å²) in [6.07, 6.45) is -5.08. The summed E-state index contributed by atoms with van der Waals surface area (Å²) in [6.45, 7) is 3.11. The van der Waals surface area contributed by atoms with Crippen molar-refractivity contribution in [3.8, 4) is 0 Å². The minimum absolute atomic E-state index is 0.0307.